The quantitative estimate of drug-likeness (QED) is 0.416. The maximum Gasteiger partial charge on any atom is 0.573 e. The van der Waals surface area contributed by atoms with Gasteiger partial charge < -0.3 is 10.1 Å². The van der Waals surface area contributed by atoms with Crippen molar-refractivity contribution in [2.45, 2.75) is 70.7 Å². The van der Waals surface area contributed by atoms with Crippen LogP contribution in [0.4, 0.5) is 22.0 Å². The van der Waals surface area contributed by atoms with Gasteiger partial charge in [0.2, 0.25) is 5.91 Å². The Bertz CT molecular complexity index is 1310. The minimum Gasteiger partial charge on any atom is -0.406 e. The molecule has 1 N–H and O–H groups in total. The van der Waals surface area contributed by atoms with E-state index in [9.17, 15) is 31.5 Å². The number of pyridine rings is 1. The van der Waals surface area contributed by atoms with Crippen molar-refractivity contribution < 1.29 is 36.3 Å². The predicted molar refractivity (Wildman–Crippen MR) is 138 cm³/mol. The molecule has 0 bridgehead atoms. The van der Waals surface area contributed by atoms with Crippen molar-refractivity contribution in [3.63, 3.8) is 0 Å². The molecule has 1 aliphatic carbocycles. The second kappa shape index (κ2) is 12.7. The summed E-state index contributed by atoms with van der Waals surface area (Å²) in [6, 6.07) is 3.70. The number of carbonyl (C=O) groups excluding carboxylic acids is 2. The number of amides is 1. The van der Waals surface area contributed by atoms with Crippen LogP contribution < -0.4 is 10.1 Å². The lowest BCUT2D eigenvalue weighted by molar-refractivity contribution is -0.274. The van der Waals surface area contributed by atoms with E-state index in [1.807, 2.05) is 0 Å². The van der Waals surface area contributed by atoms with Gasteiger partial charge in [-0.3, -0.25) is 19.6 Å². The first-order chi connectivity index (χ1) is 19.0. The Morgan fingerprint density at radius 1 is 1.07 bits per heavy atom. The number of nitrogens with one attached hydrogen (secondary N) is 1. The molecule has 1 unspecified atom stereocenters. The van der Waals surface area contributed by atoms with Crippen LogP contribution in [0.1, 0.15) is 63.0 Å². The van der Waals surface area contributed by atoms with E-state index in [1.165, 1.54) is 18.3 Å². The number of benzene rings is 1. The monoisotopic (exact) mass is 563 g/mol. The summed E-state index contributed by atoms with van der Waals surface area (Å²) in [5.74, 6) is -3.30. The number of hydrogen-bond acceptors (Lipinski definition) is 5. The summed E-state index contributed by atoms with van der Waals surface area (Å²) < 4.78 is 70.3. The number of Topliss-reactive ketones (excluding diaryl/α,β-unsaturated/α-hetero) is 1. The van der Waals surface area contributed by atoms with Gasteiger partial charge in [-0.25, -0.2) is 8.78 Å². The molecule has 11 heteroatoms. The van der Waals surface area contributed by atoms with E-state index in [0.717, 1.165) is 37.6 Å². The molecule has 1 saturated carbocycles. The number of alkyl halides is 3. The highest BCUT2D eigenvalue weighted by atomic mass is 19.4. The molecule has 1 aromatic carbocycles. The van der Waals surface area contributed by atoms with Gasteiger partial charge in [-0.05, 0) is 73.1 Å². The van der Waals surface area contributed by atoms with Crippen molar-refractivity contribution >= 4 is 23.1 Å². The van der Waals surface area contributed by atoms with Gasteiger partial charge in [0.05, 0.1) is 12.2 Å². The highest BCUT2D eigenvalue weighted by molar-refractivity contribution is 6.09. The molecular formula is C29H30F5N3O3. The third kappa shape index (κ3) is 8.19. The molecule has 3 atom stereocenters. The Labute approximate surface area is 228 Å². The van der Waals surface area contributed by atoms with Gasteiger partial charge in [0.1, 0.15) is 29.0 Å². The fraction of sp³-hybridized carbons (Fsp3) is 0.448. The molecule has 1 aromatic heterocycles. The summed E-state index contributed by atoms with van der Waals surface area (Å²) in [6.45, 7) is 1.74. The summed E-state index contributed by atoms with van der Waals surface area (Å²) >= 11 is 0. The Morgan fingerprint density at radius 2 is 1.88 bits per heavy atom. The largest absolute Gasteiger partial charge is 0.573 e. The number of ether oxygens (including phenoxy) is 1. The predicted octanol–water partition coefficient (Wildman–Crippen LogP) is 6.35. The number of amidine groups is 1. The van der Waals surface area contributed by atoms with Crippen LogP contribution in [0.3, 0.4) is 0 Å². The molecule has 1 aliphatic heterocycles. The van der Waals surface area contributed by atoms with Crippen LogP contribution >= 0.6 is 0 Å². The van der Waals surface area contributed by atoms with Crippen molar-refractivity contribution in [1.82, 2.24) is 10.3 Å². The number of hydrogen-bond donors (Lipinski definition) is 1. The zero-order valence-electron chi connectivity index (χ0n) is 21.9. The number of halogens is 5. The lowest BCUT2D eigenvalue weighted by Crippen LogP contribution is -2.41. The fourth-order valence-corrected chi connectivity index (χ4v) is 5.18. The summed E-state index contributed by atoms with van der Waals surface area (Å²) in [5, 5.41) is 2.80. The molecule has 2 aliphatic rings. The number of rotatable bonds is 6. The topological polar surface area (TPSA) is 80.7 Å². The van der Waals surface area contributed by atoms with E-state index in [0.29, 0.717) is 42.9 Å². The van der Waals surface area contributed by atoms with Gasteiger partial charge in [-0.2, -0.15) is 0 Å². The molecule has 0 saturated heterocycles. The average molecular weight is 564 g/mol. The van der Waals surface area contributed by atoms with Crippen LogP contribution in [0.15, 0.2) is 47.7 Å². The molecule has 1 fully saturated rings. The fourth-order valence-electron chi connectivity index (χ4n) is 5.18. The van der Waals surface area contributed by atoms with Crippen LogP contribution in [-0.4, -0.2) is 34.9 Å². The second-order valence-corrected chi connectivity index (χ2v) is 10.3. The van der Waals surface area contributed by atoms with Gasteiger partial charge in [-0.15, -0.1) is 13.2 Å². The molecule has 4 rings (SSSR count). The van der Waals surface area contributed by atoms with E-state index < -0.39 is 41.6 Å². The number of dihydropyridines is 1. The van der Waals surface area contributed by atoms with Crippen molar-refractivity contribution in [2.24, 2.45) is 16.8 Å². The van der Waals surface area contributed by atoms with Crippen LogP contribution in [0, 0.1) is 23.5 Å². The zero-order valence-corrected chi connectivity index (χ0v) is 21.9. The Morgan fingerprint density at radius 3 is 2.62 bits per heavy atom. The molecule has 40 heavy (non-hydrogen) atoms. The Kier molecular flexibility index (Phi) is 9.32. The number of carbonyl (C=O) groups is 2. The lowest BCUT2D eigenvalue weighted by atomic mass is 9.81. The van der Waals surface area contributed by atoms with Crippen molar-refractivity contribution in [2.75, 3.05) is 0 Å². The van der Waals surface area contributed by atoms with E-state index in [2.05, 4.69) is 20.0 Å². The number of aromatic nitrogens is 1. The smallest absolute Gasteiger partial charge is 0.406 e. The van der Waals surface area contributed by atoms with E-state index in [-0.39, 0.29) is 29.5 Å². The van der Waals surface area contributed by atoms with Gasteiger partial charge in [0.25, 0.3) is 0 Å². The number of nitrogens with zero attached hydrogens (tertiary/aromatic N) is 2. The molecule has 0 radical (unpaired) electrons. The highest BCUT2D eigenvalue weighted by Gasteiger charge is 2.33. The molecular weight excluding hydrogens is 533 g/mol. The third-order valence-electron chi connectivity index (χ3n) is 7.23. The summed E-state index contributed by atoms with van der Waals surface area (Å²) in [6.07, 6.45) is 3.56. The first-order valence-electron chi connectivity index (χ1n) is 13.2. The Hall–Kier alpha value is -3.63. The average Bonchev–Trinajstić information content (AvgIpc) is 2.86. The number of aliphatic imine (C=N–C) groups is 1. The SMILES string of the molecule is C[C@H]1C(=O)CCCCC[C@@H]1C(=O)NC1=NC(CCc2cncc(F)c2)CC(c2cc(F)cc(OC(F)(F)F)c2)=C1. The van der Waals surface area contributed by atoms with Gasteiger partial charge in [0, 0.05) is 30.5 Å². The maximum atomic E-state index is 14.3. The summed E-state index contributed by atoms with van der Waals surface area (Å²) in [7, 11) is 0. The highest BCUT2D eigenvalue weighted by Crippen LogP contribution is 2.32. The molecule has 0 spiro atoms. The van der Waals surface area contributed by atoms with Crippen molar-refractivity contribution in [1.29, 1.82) is 0 Å². The van der Waals surface area contributed by atoms with Gasteiger partial charge >= 0.3 is 6.36 Å². The second-order valence-electron chi connectivity index (χ2n) is 10.3. The Balaban J connectivity index is 1.60. The molecule has 1 amide bonds. The third-order valence-corrected chi connectivity index (χ3v) is 7.23. The minimum absolute atomic E-state index is 0.0280. The van der Waals surface area contributed by atoms with Crippen molar-refractivity contribution in [3.8, 4) is 5.75 Å². The van der Waals surface area contributed by atoms with E-state index in [4.69, 9.17) is 0 Å². The number of aryl methyl sites for hydroxylation is 1. The first-order valence-corrected chi connectivity index (χ1v) is 13.2. The van der Waals surface area contributed by atoms with E-state index in [1.54, 1.807) is 6.92 Å². The van der Waals surface area contributed by atoms with E-state index >= 15 is 0 Å². The maximum absolute atomic E-state index is 14.3. The standard InChI is InChI=1S/C29H30F5N3O3/c1-17-25(5-3-2-4-6-26(17)38)28(39)37-27-13-20(19-10-21(30)14-24(12-19)40-29(32,33)34)11-23(36-27)8-7-18-9-22(31)16-35-15-18/h9-10,12-17,23,25H,2-8,11H2,1H3,(H,36,37,39)/t17-,23?,25+/m1/s1. The summed E-state index contributed by atoms with van der Waals surface area (Å²) in [5.41, 5.74) is 1.22. The molecule has 2 heterocycles. The molecule has 6 nitrogen and oxygen atoms in total. The molecule has 2 aromatic rings. The zero-order chi connectivity index (χ0) is 28.9. The van der Waals surface area contributed by atoms with Crippen LogP contribution in [-0.2, 0) is 16.0 Å². The molecule has 214 valence electrons. The van der Waals surface area contributed by atoms with Crippen LogP contribution in [0.5, 0.6) is 5.75 Å². The number of ketones is 1. The lowest BCUT2D eigenvalue weighted by Gasteiger charge is -2.26. The normalized spacial score (nSPS) is 22.1. The van der Waals surface area contributed by atoms with Crippen molar-refractivity contribution in [3.05, 3.63) is 65.5 Å². The first kappa shape index (κ1) is 29.4. The summed E-state index contributed by atoms with van der Waals surface area (Å²) in [4.78, 5) is 34.2. The van der Waals surface area contributed by atoms with Crippen LogP contribution in [0.25, 0.3) is 5.57 Å². The minimum atomic E-state index is -5.00. The van der Waals surface area contributed by atoms with Gasteiger partial charge in [-0.1, -0.05) is 19.8 Å². The van der Waals surface area contributed by atoms with Gasteiger partial charge in [0.15, 0.2) is 0 Å². The van der Waals surface area contributed by atoms with Crippen LogP contribution in [0.2, 0.25) is 0 Å².